The Morgan fingerprint density at radius 1 is 1.15 bits per heavy atom. The lowest BCUT2D eigenvalue weighted by Gasteiger charge is -2.10. The highest BCUT2D eigenvalue weighted by molar-refractivity contribution is 7.99. The fourth-order valence-electron chi connectivity index (χ4n) is 2.36. The second kappa shape index (κ2) is 8.64. The second-order valence-electron chi connectivity index (χ2n) is 5.86. The van der Waals surface area contributed by atoms with Gasteiger partial charge in [0.2, 0.25) is 0 Å². The molecule has 0 saturated carbocycles. The second-order valence-corrected chi connectivity index (χ2v) is 6.81. The Labute approximate surface area is 160 Å². The minimum absolute atomic E-state index is 0.0650. The summed E-state index contributed by atoms with van der Waals surface area (Å²) >= 11 is 1.19. The zero-order chi connectivity index (χ0) is 19.2. The van der Waals surface area contributed by atoms with Gasteiger partial charge in [-0.25, -0.2) is 4.39 Å². The van der Waals surface area contributed by atoms with Crippen molar-refractivity contribution >= 4 is 17.7 Å². The van der Waals surface area contributed by atoms with Crippen LogP contribution in [0.3, 0.4) is 0 Å². The van der Waals surface area contributed by atoms with Crippen molar-refractivity contribution in [3.63, 3.8) is 0 Å². The number of carbonyl (C=O) groups excluding carboxylic acids is 1. The summed E-state index contributed by atoms with van der Waals surface area (Å²) in [6.07, 6.45) is 0. The molecule has 0 N–H and O–H groups in total. The highest BCUT2D eigenvalue weighted by Crippen LogP contribution is 2.29. The first kappa shape index (κ1) is 18.8. The largest absolute Gasteiger partial charge is 0.461 e. The topological polar surface area (TPSA) is 57.0 Å². The number of rotatable bonds is 7. The molecule has 0 aliphatic rings. The fraction of sp³-hybridized carbons (Fsp3) is 0.150. The molecule has 0 saturated heterocycles. The number of carbonyl (C=O) groups is 1. The van der Waals surface area contributed by atoms with Crippen LogP contribution in [0.25, 0.3) is 17.1 Å². The van der Waals surface area contributed by atoms with E-state index in [4.69, 9.17) is 4.74 Å². The van der Waals surface area contributed by atoms with E-state index in [-0.39, 0.29) is 24.1 Å². The Balaban J connectivity index is 1.92. The van der Waals surface area contributed by atoms with Crippen LogP contribution in [0, 0.1) is 5.82 Å². The molecule has 0 spiro atoms. The van der Waals surface area contributed by atoms with E-state index in [0.717, 1.165) is 11.3 Å². The van der Waals surface area contributed by atoms with Crippen LogP contribution in [0.4, 0.5) is 4.39 Å². The third-order valence-electron chi connectivity index (χ3n) is 3.56. The average molecular weight is 383 g/mol. The summed E-state index contributed by atoms with van der Waals surface area (Å²) in [4.78, 5) is 11.9. The van der Waals surface area contributed by atoms with Gasteiger partial charge in [0.1, 0.15) is 12.4 Å². The average Bonchev–Trinajstić information content (AvgIpc) is 3.09. The van der Waals surface area contributed by atoms with E-state index in [1.807, 2.05) is 30.3 Å². The van der Waals surface area contributed by atoms with E-state index >= 15 is 0 Å². The highest BCUT2D eigenvalue weighted by atomic mass is 32.2. The van der Waals surface area contributed by atoms with E-state index in [1.165, 1.54) is 17.8 Å². The molecule has 3 rings (SSSR count). The quantitative estimate of drug-likeness (QED) is 0.346. The molecule has 0 amide bonds. The van der Waals surface area contributed by atoms with Gasteiger partial charge < -0.3 is 4.74 Å². The Bertz CT molecular complexity index is 957. The van der Waals surface area contributed by atoms with Gasteiger partial charge in [-0.3, -0.25) is 9.36 Å². The van der Waals surface area contributed by atoms with Gasteiger partial charge in [0, 0.05) is 5.69 Å². The molecular weight excluding hydrogens is 365 g/mol. The van der Waals surface area contributed by atoms with Crippen LogP contribution in [0.2, 0.25) is 0 Å². The molecule has 27 heavy (non-hydrogen) atoms. The van der Waals surface area contributed by atoms with Crippen LogP contribution >= 0.6 is 11.8 Å². The summed E-state index contributed by atoms with van der Waals surface area (Å²) in [6, 6.07) is 15.8. The number of thioether (sulfide) groups is 1. The number of hydrogen-bond donors (Lipinski definition) is 0. The van der Waals surface area contributed by atoms with Crippen molar-refractivity contribution in [3.8, 4) is 17.1 Å². The van der Waals surface area contributed by atoms with Gasteiger partial charge in [-0.05, 0) is 36.8 Å². The highest BCUT2D eigenvalue weighted by Gasteiger charge is 2.19. The SMILES string of the molecule is C=C(C)COC(=O)CSc1nnc(-c2ccccc2F)n1-c1ccccc1. The lowest BCUT2D eigenvalue weighted by molar-refractivity contribution is -0.139. The Morgan fingerprint density at radius 3 is 2.56 bits per heavy atom. The number of aromatic nitrogens is 3. The van der Waals surface area contributed by atoms with Crippen LogP contribution in [-0.4, -0.2) is 33.1 Å². The van der Waals surface area contributed by atoms with E-state index in [0.29, 0.717) is 16.5 Å². The number of halogens is 1. The number of nitrogens with zero attached hydrogens (tertiary/aromatic N) is 3. The van der Waals surface area contributed by atoms with Crippen molar-refractivity contribution in [2.75, 3.05) is 12.4 Å². The van der Waals surface area contributed by atoms with E-state index < -0.39 is 0 Å². The minimum Gasteiger partial charge on any atom is -0.461 e. The Morgan fingerprint density at radius 2 is 1.85 bits per heavy atom. The molecule has 0 radical (unpaired) electrons. The maximum Gasteiger partial charge on any atom is 0.316 e. The fourth-order valence-corrected chi connectivity index (χ4v) is 3.11. The first-order valence-electron chi connectivity index (χ1n) is 8.25. The molecule has 138 valence electrons. The van der Waals surface area contributed by atoms with Gasteiger partial charge in [0.05, 0.1) is 11.3 Å². The molecule has 1 aromatic heterocycles. The number of para-hydroxylation sites is 1. The van der Waals surface area contributed by atoms with Crippen LogP contribution in [0.15, 0.2) is 71.9 Å². The van der Waals surface area contributed by atoms with Crippen molar-refractivity contribution in [3.05, 3.63) is 72.6 Å². The standard InChI is InChI=1S/C20H18FN3O2S/c1-14(2)12-26-18(25)13-27-20-23-22-19(16-10-6-7-11-17(16)21)24(20)15-8-4-3-5-9-15/h3-11H,1,12-13H2,2H3. The summed E-state index contributed by atoms with van der Waals surface area (Å²) < 4.78 is 21.1. The zero-order valence-corrected chi connectivity index (χ0v) is 15.6. The van der Waals surface area contributed by atoms with E-state index in [2.05, 4.69) is 16.8 Å². The zero-order valence-electron chi connectivity index (χ0n) is 14.8. The maximum atomic E-state index is 14.3. The molecule has 0 unspecified atom stereocenters. The molecule has 0 fully saturated rings. The van der Waals surface area contributed by atoms with Crippen molar-refractivity contribution < 1.29 is 13.9 Å². The van der Waals surface area contributed by atoms with Gasteiger partial charge >= 0.3 is 5.97 Å². The predicted molar refractivity (Wildman–Crippen MR) is 103 cm³/mol. The molecule has 3 aromatic rings. The Kier molecular flexibility index (Phi) is 6.03. The van der Waals surface area contributed by atoms with Crippen LogP contribution in [0.1, 0.15) is 6.92 Å². The first-order chi connectivity index (χ1) is 13.1. The van der Waals surface area contributed by atoms with Crippen molar-refractivity contribution in [2.24, 2.45) is 0 Å². The smallest absolute Gasteiger partial charge is 0.316 e. The maximum absolute atomic E-state index is 14.3. The van der Waals surface area contributed by atoms with Crippen molar-refractivity contribution in [1.82, 2.24) is 14.8 Å². The number of hydrogen-bond acceptors (Lipinski definition) is 5. The molecule has 1 heterocycles. The number of esters is 1. The summed E-state index contributed by atoms with van der Waals surface area (Å²) in [7, 11) is 0. The molecular formula is C20H18FN3O2S. The summed E-state index contributed by atoms with van der Waals surface area (Å²) in [5.74, 6) is -0.329. The predicted octanol–water partition coefficient (Wildman–Crippen LogP) is 4.28. The van der Waals surface area contributed by atoms with Crippen LogP contribution in [-0.2, 0) is 9.53 Å². The molecule has 0 aliphatic heterocycles. The summed E-state index contributed by atoms with van der Waals surface area (Å²) in [6.45, 7) is 5.67. The van der Waals surface area contributed by atoms with Gasteiger partial charge in [-0.1, -0.05) is 48.7 Å². The molecule has 0 aliphatic carbocycles. The Hall–Kier alpha value is -2.93. The van der Waals surface area contributed by atoms with Gasteiger partial charge in [0.25, 0.3) is 0 Å². The van der Waals surface area contributed by atoms with Crippen LogP contribution < -0.4 is 0 Å². The van der Waals surface area contributed by atoms with E-state index in [1.54, 1.807) is 29.7 Å². The molecule has 7 heteroatoms. The molecule has 5 nitrogen and oxygen atoms in total. The monoisotopic (exact) mass is 383 g/mol. The molecule has 2 aromatic carbocycles. The van der Waals surface area contributed by atoms with Gasteiger partial charge in [-0.15, -0.1) is 10.2 Å². The molecule has 0 atom stereocenters. The summed E-state index contributed by atoms with van der Waals surface area (Å²) in [5, 5.41) is 8.80. The van der Waals surface area contributed by atoms with Crippen LogP contribution in [0.5, 0.6) is 0 Å². The van der Waals surface area contributed by atoms with E-state index in [9.17, 15) is 9.18 Å². The normalized spacial score (nSPS) is 10.6. The lowest BCUT2D eigenvalue weighted by atomic mass is 10.2. The molecule has 0 bridgehead atoms. The lowest BCUT2D eigenvalue weighted by Crippen LogP contribution is -2.09. The number of benzene rings is 2. The third-order valence-corrected chi connectivity index (χ3v) is 4.46. The third kappa shape index (κ3) is 4.62. The summed E-state index contributed by atoms with van der Waals surface area (Å²) in [5.41, 5.74) is 1.88. The van der Waals surface area contributed by atoms with Crippen molar-refractivity contribution in [1.29, 1.82) is 0 Å². The minimum atomic E-state index is -0.389. The number of ether oxygens (including phenoxy) is 1. The van der Waals surface area contributed by atoms with Gasteiger partial charge in [0.15, 0.2) is 11.0 Å². The van der Waals surface area contributed by atoms with Crippen molar-refractivity contribution in [2.45, 2.75) is 12.1 Å². The first-order valence-corrected chi connectivity index (χ1v) is 9.23. The van der Waals surface area contributed by atoms with Gasteiger partial charge in [-0.2, -0.15) is 0 Å².